The first kappa shape index (κ1) is 17.2. The van der Waals surface area contributed by atoms with Crippen LogP contribution in [0.2, 0.25) is 0 Å². The van der Waals surface area contributed by atoms with E-state index in [1.807, 2.05) is 26.0 Å². The summed E-state index contributed by atoms with van der Waals surface area (Å²) in [7, 11) is 0. The van der Waals surface area contributed by atoms with E-state index < -0.39 is 0 Å². The maximum absolute atomic E-state index is 12.1. The van der Waals surface area contributed by atoms with E-state index in [2.05, 4.69) is 17.2 Å². The van der Waals surface area contributed by atoms with Crippen molar-refractivity contribution in [1.29, 1.82) is 0 Å². The number of hydrogen-bond donors (Lipinski definition) is 3. The molecule has 1 fully saturated rings. The highest BCUT2D eigenvalue weighted by Crippen LogP contribution is 2.45. The van der Waals surface area contributed by atoms with Gasteiger partial charge in [0.1, 0.15) is 0 Å². The molecule has 1 aliphatic rings. The molecule has 0 heterocycles. The molecule has 1 aromatic carbocycles. The lowest BCUT2D eigenvalue weighted by molar-refractivity contribution is -0.116. The highest BCUT2D eigenvalue weighted by atomic mass is 16.3. The monoisotopic (exact) mass is 316 g/mol. The molecule has 0 radical (unpaired) electrons. The van der Waals surface area contributed by atoms with Gasteiger partial charge in [-0.3, -0.25) is 9.59 Å². The minimum atomic E-state index is -0.283. The van der Waals surface area contributed by atoms with Gasteiger partial charge in [0.2, 0.25) is 5.91 Å². The van der Waals surface area contributed by atoms with Crippen LogP contribution in [0.3, 0.4) is 0 Å². The number of aliphatic hydroxyl groups is 1. The Morgan fingerprint density at radius 2 is 1.96 bits per heavy atom. The molecule has 23 heavy (non-hydrogen) atoms. The van der Waals surface area contributed by atoms with Gasteiger partial charge in [-0.15, -0.1) is 0 Å². The van der Waals surface area contributed by atoms with Crippen LogP contribution < -0.4 is 10.6 Å². The molecule has 0 aromatic heterocycles. The van der Waals surface area contributed by atoms with Crippen molar-refractivity contribution in [2.75, 3.05) is 6.54 Å². The second-order valence-corrected chi connectivity index (χ2v) is 6.60. The summed E-state index contributed by atoms with van der Waals surface area (Å²) < 4.78 is 0. The number of rotatable bonds is 6. The van der Waals surface area contributed by atoms with Gasteiger partial charge in [-0.25, -0.2) is 0 Å². The standard InChI is InChI=1S/C18H24N2O3/c1-4-16(22)19-10-12-5-7-13(8-6-12)17(23)20-11-14-9-15(21)18(14,2)3/h4-8,14-15,21H,1,9-11H2,2-3H3,(H,19,22)(H,20,23)/t14-,15-/m0/s1. The molecule has 5 heteroatoms. The summed E-state index contributed by atoms with van der Waals surface area (Å²) in [5.74, 6) is -0.0455. The molecule has 2 amide bonds. The predicted octanol–water partition coefficient (Wildman–Crippen LogP) is 1.63. The summed E-state index contributed by atoms with van der Waals surface area (Å²) in [5, 5.41) is 15.3. The van der Waals surface area contributed by atoms with Crippen molar-refractivity contribution >= 4 is 11.8 Å². The minimum absolute atomic E-state index is 0.121. The lowest BCUT2D eigenvalue weighted by Crippen LogP contribution is -2.53. The quantitative estimate of drug-likeness (QED) is 0.698. The fourth-order valence-corrected chi connectivity index (χ4v) is 2.69. The highest BCUT2D eigenvalue weighted by molar-refractivity contribution is 5.94. The summed E-state index contributed by atoms with van der Waals surface area (Å²) in [4.78, 5) is 23.3. The van der Waals surface area contributed by atoms with Crippen molar-refractivity contribution < 1.29 is 14.7 Å². The number of nitrogens with one attached hydrogen (secondary N) is 2. The van der Waals surface area contributed by atoms with E-state index in [9.17, 15) is 14.7 Å². The second-order valence-electron chi connectivity index (χ2n) is 6.60. The maximum Gasteiger partial charge on any atom is 0.251 e. The van der Waals surface area contributed by atoms with E-state index in [1.54, 1.807) is 12.1 Å². The molecule has 0 bridgehead atoms. The van der Waals surface area contributed by atoms with Crippen molar-refractivity contribution in [2.45, 2.75) is 32.9 Å². The van der Waals surface area contributed by atoms with Crippen LogP contribution in [-0.2, 0) is 11.3 Å². The van der Waals surface area contributed by atoms with Crippen LogP contribution in [0.25, 0.3) is 0 Å². The largest absolute Gasteiger partial charge is 0.393 e. The van der Waals surface area contributed by atoms with Crippen LogP contribution in [0.1, 0.15) is 36.2 Å². The highest BCUT2D eigenvalue weighted by Gasteiger charge is 2.46. The Bertz CT molecular complexity index is 593. The zero-order valence-electron chi connectivity index (χ0n) is 13.6. The van der Waals surface area contributed by atoms with E-state index in [1.165, 1.54) is 6.08 Å². The average molecular weight is 316 g/mol. The molecule has 5 nitrogen and oxygen atoms in total. The summed E-state index contributed by atoms with van der Waals surface area (Å²) in [6, 6.07) is 7.11. The molecule has 2 rings (SSSR count). The topological polar surface area (TPSA) is 78.4 Å². The van der Waals surface area contributed by atoms with Gasteiger partial charge in [0.15, 0.2) is 0 Å². The fourth-order valence-electron chi connectivity index (χ4n) is 2.69. The van der Waals surface area contributed by atoms with Crippen LogP contribution in [0.5, 0.6) is 0 Å². The molecule has 0 aliphatic heterocycles. The SMILES string of the molecule is C=CC(=O)NCc1ccc(C(=O)NC[C@@H]2C[C@H](O)C2(C)C)cc1. The lowest BCUT2D eigenvalue weighted by Gasteiger charge is -2.49. The molecule has 2 atom stereocenters. The predicted molar refractivity (Wildman–Crippen MR) is 88.7 cm³/mol. The zero-order chi connectivity index (χ0) is 17.0. The minimum Gasteiger partial charge on any atom is -0.393 e. The van der Waals surface area contributed by atoms with E-state index in [-0.39, 0.29) is 23.3 Å². The van der Waals surface area contributed by atoms with E-state index in [0.717, 1.165) is 12.0 Å². The van der Waals surface area contributed by atoms with Crippen LogP contribution >= 0.6 is 0 Å². The third-order valence-corrected chi connectivity index (χ3v) is 4.80. The molecule has 1 aliphatic carbocycles. The van der Waals surface area contributed by atoms with Crippen LogP contribution in [0.15, 0.2) is 36.9 Å². The van der Waals surface area contributed by atoms with Gasteiger partial charge >= 0.3 is 0 Å². The normalized spacial score (nSPS) is 21.9. The number of carbonyl (C=O) groups is 2. The smallest absolute Gasteiger partial charge is 0.251 e. The number of hydrogen-bond acceptors (Lipinski definition) is 3. The molecular formula is C18H24N2O3. The molecule has 1 aromatic rings. The van der Waals surface area contributed by atoms with Crippen LogP contribution in [0.4, 0.5) is 0 Å². The molecule has 1 saturated carbocycles. The molecule has 3 N–H and O–H groups in total. The van der Waals surface area contributed by atoms with Crippen LogP contribution in [-0.4, -0.2) is 29.6 Å². The fraction of sp³-hybridized carbons (Fsp3) is 0.444. The first-order valence-electron chi connectivity index (χ1n) is 7.80. The van der Waals surface area contributed by atoms with Crippen molar-refractivity contribution in [1.82, 2.24) is 10.6 Å². The number of amides is 2. The molecule has 0 unspecified atom stereocenters. The summed E-state index contributed by atoms with van der Waals surface area (Å²) in [6.07, 6.45) is 1.67. The Balaban J connectivity index is 1.83. The average Bonchev–Trinajstić information content (AvgIpc) is 2.56. The Kier molecular flexibility index (Phi) is 5.21. The van der Waals surface area contributed by atoms with Gasteiger partial charge in [-0.2, -0.15) is 0 Å². The second kappa shape index (κ2) is 6.96. The zero-order valence-corrected chi connectivity index (χ0v) is 13.6. The van der Waals surface area contributed by atoms with Crippen molar-refractivity contribution in [3.63, 3.8) is 0 Å². The molecule has 0 spiro atoms. The Labute approximate surface area is 136 Å². The van der Waals surface area contributed by atoms with Crippen molar-refractivity contribution in [3.8, 4) is 0 Å². The van der Waals surface area contributed by atoms with E-state index >= 15 is 0 Å². The molecule has 124 valence electrons. The van der Waals surface area contributed by atoms with Crippen molar-refractivity contribution in [3.05, 3.63) is 48.0 Å². The number of benzene rings is 1. The summed E-state index contributed by atoms with van der Waals surface area (Å²) >= 11 is 0. The van der Waals surface area contributed by atoms with Gasteiger partial charge in [-0.05, 0) is 41.5 Å². The number of aliphatic hydroxyl groups excluding tert-OH is 1. The van der Waals surface area contributed by atoms with Gasteiger partial charge < -0.3 is 15.7 Å². The first-order valence-corrected chi connectivity index (χ1v) is 7.80. The Morgan fingerprint density at radius 3 is 2.48 bits per heavy atom. The first-order chi connectivity index (χ1) is 10.8. The van der Waals surface area contributed by atoms with Crippen molar-refractivity contribution in [2.24, 2.45) is 11.3 Å². The summed E-state index contributed by atoms with van der Waals surface area (Å²) in [6.45, 7) is 8.40. The maximum atomic E-state index is 12.1. The molecule has 0 saturated heterocycles. The van der Waals surface area contributed by atoms with E-state index in [4.69, 9.17) is 0 Å². The number of carbonyl (C=O) groups excluding carboxylic acids is 2. The van der Waals surface area contributed by atoms with Gasteiger partial charge in [-0.1, -0.05) is 32.6 Å². The summed E-state index contributed by atoms with van der Waals surface area (Å²) in [5.41, 5.74) is 1.36. The van der Waals surface area contributed by atoms with Gasteiger partial charge in [0.05, 0.1) is 6.10 Å². The third-order valence-electron chi connectivity index (χ3n) is 4.80. The Morgan fingerprint density at radius 1 is 1.30 bits per heavy atom. The Hall–Kier alpha value is -2.14. The lowest BCUT2D eigenvalue weighted by atomic mass is 9.60. The third kappa shape index (κ3) is 3.99. The van der Waals surface area contributed by atoms with Crippen LogP contribution in [0, 0.1) is 11.3 Å². The van der Waals surface area contributed by atoms with Gasteiger partial charge in [0.25, 0.3) is 5.91 Å². The van der Waals surface area contributed by atoms with Gasteiger partial charge in [0, 0.05) is 18.7 Å². The molecular weight excluding hydrogens is 292 g/mol. The van der Waals surface area contributed by atoms with E-state index in [0.29, 0.717) is 24.6 Å².